The molecule has 1 heterocycles. The van der Waals surface area contributed by atoms with E-state index in [4.69, 9.17) is 10.5 Å². The van der Waals surface area contributed by atoms with Crippen LogP contribution in [0.15, 0.2) is 15.9 Å². The zero-order chi connectivity index (χ0) is 12.7. The summed E-state index contributed by atoms with van der Waals surface area (Å²) in [5.74, 6) is 1.10. The predicted octanol–water partition coefficient (Wildman–Crippen LogP) is 4.06. The summed E-state index contributed by atoms with van der Waals surface area (Å²) in [4.78, 5) is 1.37. The van der Waals surface area contributed by atoms with E-state index in [9.17, 15) is 0 Å². The summed E-state index contributed by atoms with van der Waals surface area (Å²) in [6.45, 7) is 2.98. The third kappa shape index (κ3) is 5.30. The highest BCUT2D eigenvalue weighted by Gasteiger charge is 2.20. The Labute approximate surface area is 120 Å². The zero-order valence-corrected chi connectivity index (χ0v) is 13.5. The average Bonchev–Trinajstić information content (AvgIpc) is 2.75. The van der Waals surface area contributed by atoms with Gasteiger partial charge in [0.1, 0.15) is 0 Å². The second kappa shape index (κ2) is 8.53. The van der Waals surface area contributed by atoms with Crippen LogP contribution in [-0.2, 0) is 4.74 Å². The summed E-state index contributed by atoms with van der Waals surface area (Å²) in [7, 11) is 1.75. The fraction of sp³-hybridized carbons (Fsp3) is 0.667. The molecule has 0 spiro atoms. The van der Waals surface area contributed by atoms with Crippen LogP contribution in [0.1, 0.15) is 29.9 Å². The number of thiophene rings is 1. The van der Waals surface area contributed by atoms with Crippen LogP contribution in [0.4, 0.5) is 0 Å². The Balaban J connectivity index is 2.55. The highest BCUT2D eigenvalue weighted by molar-refractivity contribution is 9.11. The largest absolute Gasteiger partial charge is 0.385 e. The highest BCUT2D eigenvalue weighted by Crippen LogP contribution is 2.38. The van der Waals surface area contributed by atoms with Crippen LogP contribution >= 0.6 is 39.0 Å². The van der Waals surface area contributed by atoms with Gasteiger partial charge in [0, 0.05) is 24.6 Å². The molecule has 2 unspecified atom stereocenters. The molecular formula is C12H20BrNOS2. The summed E-state index contributed by atoms with van der Waals surface area (Å²) in [5, 5.41) is 0.410. The monoisotopic (exact) mass is 337 g/mol. The normalized spacial score (nSPS) is 14.8. The second-order valence-corrected chi connectivity index (χ2v) is 7.60. The molecule has 0 bridgehead atoms. The first-order valence-corrected chi connectivity index (χ1v) is 8.46. The van der Waals surface area contributed by atoms with Crippen molar-refractivity contribution in [1.82, 2.24) is 0 Å². The number of rotatable bonds is 8. The minimum Gasteiger partial charge on any atom is -0.385 e. The molecule has 5 heteroatoms. The maximum atomic E-state index is 6.21. The van der Waals surface area contributed by atoms with Crippen LogP contribution in [0, 0.1) is 0 Å². The molecule has 2 atom stereocenters. The van der Waals surface area contributed by atoms with Gasteiger partial charge in [0.15, 0.2) is 0 Å². The van der Waals surface area contributed by atoms with Gasteiger partial charge in [0.05, 0.1) is 9.04 Å². The average molecular weight is 338 g/mol. The second-order valence-electron chi connectivity index (χ2n) is 3.85. The van der Waals surface area contributed by atoms with Gasteiger partial charge in [0.2, 0.25) is 0 Å². The molecule has 0 aliphatic rings. The predicted molar refractivity (Wildman–Crippen MR) is 82.0 cm³/mol. The molecule has 0 aliphatic carbocycles. The van der Waals surface area contributed by atoms with Crippen molar-refractivity contribution in [2.75, 3.05) is 19.5 Å². The number of hydrogen-bond acceptors (Lipinski definition) is 4. The topological polar surface area (TPSA) is 35.2 Å². The maximum Gasteiger partial charge on any atom is 0.0701 e. The highest BCUT2D eigenvalue weighted by atomic mass is 79.9. The van der Waals surface area contributed by atoms with Gasteiger partial charge in [-0.15, -0.1) is 11.3 Å². The molecule has 1 rings (SSSR count). The van der Waals surface area contributed by atoms with Crippen LogP contribution in [0.2, 0.25) is 0 Å². The number of halogens is 1. The fourth-order valence-electron chi connectivity index (χ4n) is 1.53. The summed E-state index contributed by atoms with van der Waals surface area (Å²) in [5.41, 5.74) is 6.21. The third-order valence-electron chi connectivity index (χ3n) is 2.52. The lowest BCUT2D eigenvalue weighted by Crippen LogP contribution is -2.25. The van der Waals surface area contributed by atoms with Crippen molar-refractivity contribution in [3.63, 3.8) is 0 Å². The van der Waals surface area contributed by atoms with E-state index in [0.717, 1.165) is 25.2 Å². The lowest BCUT2D eigenvalue weighted by Gasteiger charge is -2.21. The van der Waals surface area contributed by atoms with Crippen molar-refractivity contribution in [2.24, 2.45) is 5.73 Å². The zero-order valence-electron chi connectivity index (χ0n) is 10.3. The minimum absolute atomic E-state index is 0.230. The number of thioether (sulfide) groups is 1. The molecule has 0 radical (unpaired) electrons. The van der Waals surface area contributed by atoms with Crippen molar-refractivity contribution in [3.8, 4) is 0 Å². The number of methoxy groups -OCH3 is 1. The Morgan fingerprint density at radius 2 is 2.29 bits per heavy atom. The molecule has 0 amide bonds. The smallest absolute Gasteiger partial charge is 0.0701 e. The van der Waals surface area contributed by atoms with Crippen molar-refractivity contribution in [2.45, 2.75) is 31.1 Å². The van der Waals surface area contributed by atoms with E-state index in [-0.39, 0.29) is 6.04 Å². The van der Waals surface area contributed by atoms with Crippen LogP contribution in [-0.4, -0.2) is 25.5 Å². The lowest BCUT2D eigenvalue weighted by molar-refractivity contribution is 0.200. The van der Waals surface area contributed by atoms with Crippen molar-refractivity contribution >= 4 is 39.0 Å². The molecule has 0 aromatic carbocycles. The van der Waals surface area contributed by atoms with E-state index in [0.29, 0.717) is 5.25 Å². The lowest BCUT2D eigenvalue weighted by atomic mass is 10.1. The molecule has 0 saturated carbocycles. The number of ether oxygens (including phenoxy) is 1. The van der Waals surface area contributed by atoms with Gasteiger partial charge in [-0.3, -0.25) is 0 Å². The summed E-state index contributed by atoms with van der Waals surface area (Å²) in [6.07, 6.45) is 2.10. The Hall–Kier alpha value is 0.450. The van der Waals surface area contributed by atoms with E-state index in [2.05, 4.69) is 35.0 Å². The molecule has 0 aliphatic heterocycles. The van der Waals surface area contributed by atoms with Crippen LogP contribution in [0.5, 0.6) is 0 Å². The van der Waals surface area contributed by atoms with Crippen molar-refractivity contribution in [1.29, 1.82) is 0 Å². The van der Waals surface area contributed by atoms with Crippen LogP contribution < -0.4 is 5.73 Å². The van der Waals surface area contributed by atoms with Gasteiger partial charge in [-0.2, -0.15) is 11.8 Å². The molecule has 0 fully saturated rings. The van der Waals surface area contributed by atoms with Gasteiger partial charge in [-0.05, 0) is 46.7 Å². The molecule has 1 aromatic rings. The van der Waals surface area contributed by atoms with Gasteiger partial charge in [0.25, 0.3) is 0 Å². The first-order valence-electron chi connectivity index (χ1n) is 5.80. The molecule has 2 nitrogen and oxygen atoms in total. The number of hydrogen-bond donors (Lipinski definition) is 1. The standard InChI is InChI=1S/C12H20BrNOS2/c1-3-9(14)12(16-8-4-7-15-2)10-5-6-11(13)17-10/h5-6,9,12H,3-4,7-8,14H2,1-2H3. The minimum atomic E-state index is 0.230. The van der Waals surface area contributed by atoms with Gasteiger partial charge in [-0.25, -0.2) is 0 Å². The first-order chi connectivity index (χ1) is 8.19. The maximum absolute atomic E-state index is 6.21. The Bertz CT molecular complexity index is 319. The Kier molecular flexibility index (Phi) is 7.78. The molecule has 0 saturated heterocycles. The van der Waals surface area contributed by atoms with E-state index >= 15 is 0 Å². The molecule has 98 valence electrons. The first kappa shape index (κ1) is 15.5. The quantitative estimate of drug-likeness (QED) is 0.726. The molecule has 17 heavy (non-hydrogen) atoms. The van der Waals surface area contributed by atoms with Crippen molar-refractivity contribution < 1.29 is 4.74 Å². The fourth-order valence-corrected chi connectivity index (χ4v) is 4.58. The van der Waals surface area contributed by atoms with Crippen molar-refractivity contribution in [3.05, 3.63) is 20.8 Å². The summed E-state index contributed by atoms with van der Waals surface area (Å²) in [6, 6.07) is 4.51. The number of nitrogens with two attached hydrogens (primary N) is 1. The molecule has 1 aromatic heterocycles. The summed E-state index contributed by atoms with van der Waals surface area (Å²) >= 11 is 7.25. The van der Waals surface area contributed by atoms with Gasteiger partial charge >= 0.3 is 0 Å². The third-order valence-corrected chi connectivity index (χ3v) is 5.87. The van der Waals surface area contributed by atoms with Gasteiger partial charge < -0.3 is 10.5 Å². The Morgan fingerprint density at radius 1 is 1.53 bits per heavy atom. The van der Waals surface area contributed by atoms with Crippen LogP contribution in [0.25, 0.3) is 0 Å². The van der Waals surface area contributed by atoms with E-state index in [1.165, 1.54) is 8.66 Å². The molecular weight excluding hydrogens is 318 g/mol. The summed E-state index contributed by atoms with van der Waals surface area (Å²) < 4.78 is 6.25. The van der Waals surface area contributed by atoms with E-state index in [1.54, 1.807) is 18.4 Å². The van der Waals surface area contributed by atoms with E-state index < -0.39 is 0 Å². The molecule has 2 N–H and O–H groups in total. The van der Waals surface area contributed by atoms with E-state index in [1.807, 2.05) is 11.8 Å². The van der Waals surface area contributed by atoms with Gasteiger partial charge in [-0.1, -0.05) is 6.92 Å². The Morgan fingerprint density at radius 3 is 2.82 bits per heavy atom. The van der Waals surface area contributed by atoms with Crippen LogP contribution in [0.3, 0.4) is 0 Å². The SMILES string of the molecule is CCC(N)C(SCCCOC)c1ccc(Br)s1.